The Morgan fingerprint density at radius 1 is 1.06 bits per heavy atom. The summed E-state index contributed by atoms with van der Waals surface area (Å²) in [5.74, 6) is -0.331. The molecule has 2 amide bonds. The molecule has 0 bridgehead atoms. The smallest absolute Gasteiger partial charge is 0.270 e. The highest BCUT2D eigenvalue weighted by atomic mass is 32.2. The summed E-state index contributed by atoms with van der Waals surface area (Å²) in [4.78, 5) is 38.3. The maximum absolute atomic E-state index is 13.1. The van der Waals surface area contributed by atoms with Gasteiger partial charge in [-0.3, -0.25) is 19.7 Å². The maximum atomic E-state index is 13.1. The van der Waals surface area contributed by atoms with Crippen LogP contribution in [0, 0.1) is 10.1 Å². The van der Waals surface area contributed by atoms with Crippen molar-refractivity contribution in [3.8, 4) is 11.5 Å². The lowest BCUT2D eigenvalue weighted by Crippen LogP contribution is -2.35. The van der Waals surface area contributed by atoms with Gasteiger partial charge in [-0.05, 0) is 36.6 Å². The fourth-order valence-corrected chi connectivity index (χ4v) is 3.49. The first-order chi connectivity index (χ1) is 15.4. The topological polar surface area (TPSA) is 102 Å². The van der Waals surface area contributed by atoms with Gasteiger partial charge in [-0.1, -0.05) is 30.3 Å². The molecule has 0 aliphatic rings. The van der Waals surface area contributed by atoms with Gasteiger partial charge in [-0.25, -0.2) is 0 Å². The number of benzene rings is 3. The van der Waals surface area contributed by atoms with Crippen LogP contribution in [0.3, 0.4) is 0 Å². The second-order valence-electron chi connectivity index (χ2n) is 6.76. The fraction of sp³-hybridized carbons (Fsp3) is 0.130. The number of anilines is 1. The third kappa shape index (κ3) is 5.64. The number of nitrogens with zero attached hydrogens (tertiary/aromatic N) is 2. The number of likely N-dealkylation sites (N-methyl/N-ethyl adjacent to an activating group) is 1. The molecule has 8 nitrogen and oxygen atoms in total. The Morgan fingerprint density at radius 3 is 2.44 bits per heavy atom. The number of ether oxygens (including phenoxy) is 1. The number of nitro benzene ring substituents is 1. The number of carbonyl (C=O) groups excluding carboxylic acids is 2. The number of carbonyl (C=O) groups is 2. The standard InChI is InChI=1S/C23H21N3O5S/c1-25(15-22(27)24-19-10-6-7-11-21(19)32-2)23(28)18-14-16(26(29)30)12-13-20(18)31-17-8-4-3-5-9-17/h3-14H,15H2,1-2H3,(H,24,27). The first kappa shape index (κ1) is 22.8. The molecule has 0 unspecified atom stereocenters. The number of thioether (sulfide) groups is 1. The zero-order valence-corrected chi connectivity index (χ0v) is 18.3. The molecule has 32 heavy (non-hydrogen) atoms. The Morgan fingerprint density at radius 2 is 1.75 bits per heavy atom. The SMILES string of the molecule is CSc1ccccc1NC(=O)CN(C)C(=O)c1cc([N+](=O)[O-])ccc1Oc1ccccc1. The van der Waals surface area contributed by atoms with Crippen LogP contribution in [0.1, 0.15) is 10.4 Å². The molecule has 0 aliphatic heterocycles. The van der Waals surface area contributed by atoms with Crippen molar-refractivity contribution >= 4 is 35.0 Å². The minimum absolute atomic E-state index is 0.0112. The predicted molar refractivity (Wildman–Crippen MR) is 123 cm³/mol. The van der Waals surface area contributed by atoms with Crippen molar-refractivity contribution in [1.82, 2.24) is 4.90 Å². The molecule has 0 saturated heterocycles. The molecule has 0 aromatic heterocycles. The average molecular weight is 452 g/mol. The summed E-state index contributed by atoms with van der Waals surface area (Å²) in [6.07, 6.45) is 1.90. The normalized spacial score (nSPS) is 10.3. The average Bonchev–Trinajstić information content (AvgIpc) is 2.79. The molecule has 3 rings (SSSR count). The molecule has 3 aromatic carbocycles. The van der Waals surface area contributed by atoms with Gasteiger partial charge in [0.1, 0.15) is 11.5 Å². The van der Waals surface area contributed by atoms with Crippen molar-refractivity contribution in [3.63, 3.8) is 0 Å². The molecule has 0 spiro atoms. The van der Waals surface area contributed by atoms with Gasteiger partial charge in [0.25, 0.3) is 11.6 Å². The lowest BCUT2D eigenvalue weighted by atomic mass is 10.1. The number of para-hydroxylation sites is 2. The molecule has 0 atom stereocenters. The number of nitro groups is 1. The van der Waals surface area contributed by atoms with E-state index in [2.05, 4.69) is 5.32 Å². The van der Waals surface area contributed by atoms with Gasteiger partial charge in [0.05, 0.1) is 22.7 Å². The second-order valence-corrected chi connectivity index (χ2v) is 7.61. The summed E-state index contributed by atoms with van der Waals surface area (Å²) in [5, 5.41) is 14.0. The number of rotatable bonds is 8. The number of hydrogen-bond donors (Lipinski definition) is 1. The summed E-state index contributed by atoms with van der Waals surface area (Å²) in [6, 6.07) is 19.9. The van der Waals surface area contributed by atoms with Gasteiger partial charge < -0.3 is 15.0 Å². The van der Waals surface area contributed by atoms with Gasteiger partial charge in [-0.2, -0.15) is 0 Å². The first-order valence-electron chi connectivity index (χ1n) is 9.58. The molecule has 0 saturated carbocycles. The molecule has 9 heteroatoms. The molecule has 0 aliphatic carbocycles. The lowest BCUT2D eigenvalue weighted by molar-refractivity contribution is -0.384. The highest BCUT2D eigenvalue weighted by Crippen LogP contribution is 2.30. The van der Waals surface area contributed by atoms with Gasteiger partial charge in [0.2, 0.25) is 5.91 Å². The molecular formula is C23H21N3O5S. The highest BCUT2D eigenvalue weighted by molar-refractivity contribution is 7.98. The summed E-state index contributed by atoms with van der Waals surface area (Å²) in [7, 11) is 1.45. The van der Waals surface area contributed by atoms with E-state index in [1.807, 2.05) is 24.5 Å². The Labute approximate surface area is 189 Å². The first-order valence-corrected chi connectivity index (χ1v) is 10.8. The summed E-state index contributed by atoms with van der Waals surface area (Å²) in [6.45, 7) is -0.241. The van der Waals surface area contributed by atoms with Gasteiger partial charge >= 0.3 is 0 Å². The third-order valence-corrected chi connectivity index (χ3v) is 5.28. The van der Waals surface area contributed by atoms with Crippen molar-refractivity contribution in [3.05, 3.63) is 88.5 Å². The maximum Gasteiger partial charge on any atom is 0.270 e. The van der Waals surface area contributed by atoms with Crippen LogP contribution in [0.2, 0.25) is 0 Å². The van der Waals surface area contributed by atoms with Crippen LogP contribution in [0.5, 0.6) is 11.5 Å². The quantitative estimate of drug-likeness (QED) is 0.299. The Hall–Kier alpha value is -3.85. The summed E-state index contributed by atoms with van der Waals surface area (Å²) < 4.78 is 5.77. The van der Waals surface area contributed by atoms with E-state index >= 15 is 0 Å². The third-order valence-electron chi connectivity index (χ3n) is 4.48. The largest absolute Gasteiger partial charge is 0.457 e. The molecule has 1 N–H and O–H groups in total. The van der Waals surface area contributed by atoms with E-state index in [4.69, 9.17) is 4.74 Å². The minimum Gasteiger partial charge on any atom is -0.457 e. The van der Waals surface area contributed by atoms with Gasteiger partial charge in [0.15, 0.2) is 0 Å². The van der Waals surface area contributed by atoms with Crippen molar-refractivity contribution in [1.29, 1.82) is 0 Å². The van der Waals surface area contributed by atoms with Crippen LogP contribution in [0.4, 0.5) is 11.4 Å². The van der Waals surface area contributed by atoms with Crippen molar-refractivity contribution in [2.75, 3.05) is 25.2 Å². The summed E-state index contributed by atoms with van der Waals surface area (Å²) >= 11 is 1.49. The molecule has 0 heterocycles. The zero-order chi connectivity index (χ0) is 23.1. The van der Waals surface area contributed by atoms with Crippen molar-refractivity contribution in [2.24, 2.45) is 0 Å². The highest BCUT2D eigenvalue weighted by Gasteiger charge is 2.23. The Bertz CT molecular complexity index is 1140. The van der Waals surface area contributed by atoms with Crippen LogP contribution in [-0.2, 0) is 4.79 Å². The Balaban J connectivity index is 1.80. The minimum atomic E-state index is -0.588. The molecule has 0 radical (unpaired) electrons. The molecule has 164 valence electrons. The van der Waals surface area contributed by atoms with Crippen molar-refractivity contribution < 1.29 is 19.2 Å². The molecular weight excluding hydrogens is 430 g/mol. The fourth-order valence-electron chi connectivity index (χ4n) is 2.93. The molecule has 0 fully saturated rings. The van der Waals surface area contributed by atoms with Gasteiger partial charge in [0, 0.05) is 24.1 Å². The predicted octanol–water partition coefficient (Wildman–Crippen LogP) is 4.82. The van der Waals surface area contributed by atoms with E-state index in [1.165, 1.54) is 35.8 Å². The van der Waals surface area contributed by atoms with E-state index in [-0.39, 0.29) is 23.5 Å². The van der Waals surface area contributed by atoms with E-state index in [9.17, 15) is 19.7 Å². The number of hydrogen-bond acceptors (Lipinski definition) is 6. The monoisotopic (exact) mass is 451 g/mol. The van der Waals surface area contributed by atoms with Crippen LogP contribution < -0.4 is 10.1 Å². The van der Waals surface area contributed by atoms with Crippen molar-refractivity contribution in [2.45, 2.75) is 4.90 Å². The number of nitrogens with one attached hydrogen (secondary N) is 1. The van der Waals surface area contributed by atoms with Crippen LogP contribution in [-0.4, -0.2) is 41.5 Å². The number of amides is 2. The van der Waals surface area contributed by atoms with Crippen LogP contribution in [0.15, 0.2) is 77.7 Å². The zero-order valence-electron chi connectivity index (χ0n) is 17.5. The van der Waals surface area contributed by atoms with Crippen LogP contribution >= 0.6 is 11.8 Å². The number of non-ortho nitro benzene ring substituents is 1. The second kappa shape index (κ2) is 10.5. The van der Waals surface area contributed by atoms with E-state index in [1.54, 1.807) is 36.4 Å². The van der Waals surface area contributed by atoms with Gasteiger partial charge in [-0.15, -0.1) is 11.8 Å². The van der Waals surface area contributed by atoms with E-state index < -0.39 is 16.7 Å². The van der Waals surface area contributed by atoms with Crippen LogP contribution in [0.25, 0.3) is 0 Å². The summed E-state index contributed by atoms with van der Waals surface area (Å²) in [5.41, 5.74) is 0.387. The Kier molecular flexibility index (Phi) is 7.45. The lowest BCUT2D eigenvalue weighted by Gasteiger charge is -2.19. The van der Waals surface area contributed by atoms with E-state index in [0.29, 0.717) is 11.4 Å². The van der Waals surface area contributed by atoms with E-state index in [0.717, 1.165) is 11.0 Å². The molecule has 3 aromatic rings.